The average Bonchev–Trinajstić information content (AvgIpc) is 2.87. The van der Waals surface area contributed by atoms with Crippen molar-refractivity contribution < 1.29 is 4.52 Å². The van der Waals surface area contributed by atoms with Gasteiger partial charge in [0.25, 0.3) is 0 Å². The van der Waals surface area contributed by atoms with E-state index in [-0.39, 0.29) is 0 Å². The van der Waals surface area contributed by atoms with Crippen LogP contribution in [0.3, 0.4) is 0 Å². The first-order valence-corrected chi connectivity index (χ1v) is 7.64. The van der Waals surface area contributed by atoms with Gasteiger partial charge in [0.15, 0.2) is 0 Å². The van der Waals surface area contributed by atoms with Crippen LogP contribution < -0.4 is 0 Å². The number of nitrogens with zero attached hydrogens (tertiary/aromatic N) is 3. The second kappa shape index (κ2) is 5.63. The topological polar surface area (TPSA) is 32.5 Å². The monoisotopic (exact) mass is 263 g/mol. The molecule has 0 N–H and O–H groups in total. The molecule has 0 aliphatic carbocycles. The van der Waals surface area contributed by atoms with E-state index in [1.54, 1.807) is 0 Å². The van der Waals surface area contributed by atoms with Crippen LogP contribution in [0.2, 0.25) is 0 Å². The van der Waals surface area contributed by atoms with E-state index in [1.165, 1.54) is 45.4 Å². The number of fused-ring (bicyclic) bond motifs is 1. The van der Waals surface area contributed by atoms with Crippen LogP contribution in [0, 0.1) is 0 Å². The molecule has 0 bridgehead atoms. The van der Waals surface area contributed by atoms with Gasteiger partial charge in [-0.2, -0.15) is 0 Å². The van der Waals surface area contributed by atoms with Gasteiger partial charge in [-0.25, -0.2) is 0 Å². The van der Waals surface area contributed by atoms with Crippen LogP contribution in [-0.4, -0.2) is 47.2 Å². The molecule has 0 saturated carbocycles. The summed E-state index contributed by atoms with van der Waals surface area (Å²) in [6.07, 6.45) is 4.15. The second-order valence-corrected chi connectivity index (χ2v) is 6.30. The Hall–Kier alpha value is -0.870. The summed E-state index contributed by atoms with van der Waals surface area (Å²) in [6, 6.07) is 2.90. The van der Waals surface area contributed by atoms with Crippen LogP contribution in [0.1, 0.15) is 50.5 Å². The maximum Gasteiger partial charge on any atom is 0.139 e. The van der Waals surface area contributed by atoms with Gasteiger partial charge in [0.05, 0.1) is 5.69 Å². The van der Waals surface area contributed by atoms with Crippen molar-refractivity contribution in [2.45, 2.75) is 51.6 Å². The summed E-state index contributed by atoms with van der Waals surface area (Å²) in [5.41, 5.74) is 1.09. The summed E-state index contributed by atoms with van der Waals surface area (Å²) in [5.74, 6) is 1.43. The Balaban J connectivity index is 1.57. The third kappa shape index (κ3) is 3.00. The van der Waals surface area contributed by atoms with Crippen molar-refractivity contribution in [3.05, 3.63) is 17.5 Å². The molecule has 3 rings (SSSR count). The van der Waals surface area contributed by atoms with Crippen LogP contribution in [0.25, 0.3) is 0 Å². The number of aromatic nitrogens is 1. The predicted molar refractivity (Wildman–Crippen MR) is 75.1 cm³/mol. The van der Waals surface area contributed by atoms with E-state index in [4.69, 9.17) is 4.52 Å². The van der Waals surface area contributed by atoms with Crippen LogP contribution >= 0.6 is 0 Å². The summed E-state index contributed by atoms with van der Waals surface area (Å²) >= 11 is 0. The number of hydrogen-bond donors (Lipinski definition) is 0. The number of hydrogen-bond acceptors (Lipinski definition) is 4. The summed E-state index contributed by atoms with van der Waals surface area (Å²) in [6.45, 7) is 10.1. The fourth-order valence-electron chi connectivity index (χ4n) is 3.27. The molecule has 4 heteroatoms. The molecule has 0 radical (unpaired) electrons. The zero-order valence-electron chi connectivity index (χ0n) is 12.1. The maximum atomic E-state index is 5.39. The van der Waals surface area contributed by atoms with Crippen molar-refractivity contribution in [2.75, 3.05) is 26.2 Å². The fourth-order valence-corrected chi connectivity index (χ4v) is 3.27. The Labute approximate surface area is 115 Å². The van der Waals surface area contributed by atoms with Crippen LogP contribution in [-0.2, 0) is 6.54 Å². The van der Waals surface area contributed by atoms with Crippen LogP contribution in [0.15, 0.2) is 10.6 Å². The SMILES string of the molecule is CC(C)c1cc(CN2CCN3CCCC[C@@H]3C2)no1. The number of piperidine rings is 1. The van der Waals surface area contributed by atoms with Gasteiger partial charge in [-0.1, -0.05) is 25.4 Å². The standard InChI is InChI=1S/C15H25N3O/c1-12(2)15-9-13(16-19-15)10-17-7-8-18-6-4-3-5-14(18)11-17/h9,12,14H,3-8,10-11H2,1-2H3/t14-/m1/s1. The van der Waals surface area contributed by atoms with E-state index >= 15 is 0 Å². The molecular formula is C15H25N3O. The van der Waals surface area contributed by atoms with Crippen molar-refractivity contribution in [3.8, 4) is 0 Å². The Morgan fingerprint density at radius 3 is 3.00 bits per heavy atom. The first-order valence-electron chi connectivity index (χ1n) is 7.64. The maximum absolute atomic E-state index is 5.39. The highest BCUT2D eigenvalue weighted by molar-refractivity contribution is 5.08. The summed E-state index contributed by atoms with van der Waals surface area (Å²) in [4.78, 5) is 5.21. The van der Waals surface area contributed by atoms with E-state index in [2.05, 4.69) is 34.9 Å². The Morgan fingerprint density at radius 1 is 1.32 bits per heavy atom. The Kier molecular flexibility index (Phi) is 3.89. The molecule has 0 spiro atoms. The minimum Gasteiger partial charge on any atom is -0.361 e. The van der Waals surface area contributed by atoms with Gasteiger partial charge in [-0.15, -0.1) is 0 Å². The largest absolute Gasteiger partial charge is 0.361 e. The third-order valence-corrected chi connectivity index (χ3v) is 4.45. The molecular weight excluding hydrogens is 238 g/mol. The normalized spacial score (nSPS) is 25.7. The van der Waals surface area contributed by atoms with Crippen LogP contribution in [0.4, 0.5) is 0 Å². The summed E-state index contributed by atoms with van der Waals surface area (Å²) in [5, 5.41) is 4.21. The molecule has 2 saturated heterocycles. The van der Waals surface area contributed by atoms with E-state index in [0.29, 0.717) is 5.92 Å². The van der Waals surface area contributed by atoms with Gasteiger partial charge in [-0.05, 0) is 19.4 Å². The van der Waals surface area contributed by atoms with E-state index < -0.39 is 0 Å². The molecule has 0 aromatic carbocycles. The Morgan fingerprint density at radius 2 is 2.21 bits per heavy atom. The first kappa shape index (κ1) is 13.1. The fraction of sp³-hybridized carbons (Fsp3) is 0.800. The van der Waals surface area contributed by atoms with Crippen molar-refractivity contribution in [2.24, 2.45) is 0 Å². The van der Waals surface area contributed by atoms with Gasteiger partial charge in [-0.3, -0.25) is 9.80 Å². The van der Waals surface area contributed by atoms with E-state index in [0.717, 1.165) is 24.0 Å². The number of rotatable bonds is 3. The molecule has 3 heterocycles. The molecule has 1 aromatic rings. The lowest BCUT2D eigenvalue weighted by Gasteiger charge is -2.43. The van der Waals surface area contributed by atoms with Gasteiger partial charge in [0, 0.05) is 44.2 Å². The van der Waals surface area contributed by atoms with Crippen molar-refractivity contribution in [3.63, 3.8) is 0 Å². The molecule has 19 heavy (non-hydrogen) atoms. The zero-order valence-corrected chi connectivity index (χ0v) is 12.1. The van der Waals surface area contributed by atoms with Crippen LogP contribution in [0.5, 0.6) is 0 Å². The highest BCUT2D eigenvalue weighted by Gasteiger charge is 2.29. The second-order valence-electron chi connectivity index (χ2n) is 6.30. The zero-order chi connectivity index (χ0) is 13.2. The molecule has 0 unspecified atom stereocenters. The van der Waals surface area contributed by atoms with Crippen molar-refractivity contribution >= 4 is 0 Å². The van der Waals surface area contributed by atoms with Gasteiger partial charge >= 0.3 is 0 Å². The van der Waals surface area contributed by atoms with E-state index in [1.807, 2.05) is 0 Å². The molecule has 2 aliphatic heterocycles. The van der Waals surface area contributed by atoms with Crippen molar-refractivity contribution in [1.29, 1.82) is 0 Å². The minimum atomic E-state index is 0.427. The van der Waals surface area contributed by atoms with Gasteiger partial charge in [0.2, 0.25) is 0 Å². The highest BCUT2D eigenvalue weighted by Crippen LogP contribution is 2.22. The first-order chi connectivity index (χ1) is 9.22. The molecule has 2 fully saturated rings. The number of piperazine rings is 1. The molecule has 2 aliphatic rings. The third-order valence-electron chi connectivity index (χ3n) is 4.45. The molecule has 1 atom stereocenters. The summed E-state index contributed by atoms with van der Waals surface area (Å²) in [7, 11) is 0. The highest BCUT2D eigenvalue weighted by atomic mass is 16.5. The lowest BCUT2D eigenvalue weighted by atomic mass is 9.99. The van der Waals surface area contributed by atoms with E-state index in [9.17, 15) is 0 Å². The molecule has 1 aromatic heterocycles. The lowest BCUT2D eigenvalue weighted by molar-refractivity contribution is 0.0447. The minimum absolute atomic E-state index is 0.427. The predicted octanol–water partition coefficient (Wildman–Crippen LogP) is 2.47. The average molecular weight is 263 g/mol. The Bertz CT molecular complexity index is 415. The van der Waals surface area contributed by atoms with Gasteiger partial charge < -0.3 is 4.52 Å². The summed E-state index contributed by atoms with van der Waals surface area (Å²) < 4.78 is 5.39. The van der Waals surface area contributed by atoms with Crippen molar-refractivity contribution in [1.82, 2.24) is 15.0 Å². The smallest absolute Gasteiger partial charge is 0.139 e. The quantitative estimate of drug-likeness (QED) is 0.838. The lowest BCUT2D eigenvalue weighted by Crippen LogP contribution is -2.54. The molecule has 4 nitrogen and oxygen atoms in total. The molecule has 106 valence electrons. The molecule has 0 amide bonds. The van der Waals surface area contributed by atoms with Gasteiger partial charge in [0.1, 0.15) is 5.76 Å².